The van der Waals surface area contributed by atoms with Crippen LogP contribution in [0.25, 0.3) is 0 Å². The molecule has 1 aliphatic rings. The third kappa shape index (κ3) is 7.01. The standard InChI is InChI=1S/C31H37N3O5S/c1-23-16-18-29(19-17-23)40(37,38)34(27-13-5-4-6-14-27)22-30(35)33(21-25-10-9-15-28(20-25)39-3)24(2)31(36)32-26-11-7-8-12-26/h4-6,9-10,13-20,24,26H,7-8,11-12,21-22H2,1-3H3,(H,32,36). The largest absolute Gasteiger partial charge is 0.497 e. The normalized spacial score (nSPS) is 14.4. The molecule has 0 saturated heterocycles. The number of hydrogen-bond acceptors (Lipinski definition) is 5. The Bertz CT molecular complexity index is 1400. The predicted octanol–water partition coefficient (Wildman–Crippen LogP) is 4.68. The van der Waals surface area contributed by atoms with Crippen molar-refractivity contribution in [2.45, 2.75) is 63.1 Å². The van der Waals surface area contributed by atoms with Crippen LogP contribution in [0.15, 0.2) is 83.8 Å². The molecule has 1 N–H and O–H groups in total. The molecule has 0 heterocycles. The molecule has 1 atom stereocenters. The van der Waals surface area contributed by atoms with Gasteiger partial charge < -0.3 is 15.0 Å². The van der Waals surface area contributed by atoms with E-state index in [4.69, 9.17) is 4.74 Å². The Morgan fingerprint density at radius 2 is 1.65 bits per heavy atom. The van der Waals surface area contributed by atoms with Crippen molar-refractivity contribution in [3.8, 4) is 5.75 Å². The van der Waals surface area contributed by atoms with E-state index in [0.29, 0.717) is 11.4 Å². The number of rotatable bonds is 11. The molecule has 1 saturated carbocycles. The maximum absolute atomic E-state index is 14.0. The maximum Gasteiger partial charge on any atom is 0.264 e. The van der Waals surface area contributed by atoms with Crippen LogP contribution < -0.4 is 14.4 Å². The number of sulfonamides is 1. The molecule has 0 aromatic heterocycles. The van der Waals surface area contributed by atoms with Gasteiger partial charge in [-0.25, -0.2) is 8.42 Å². The first-order valence-corrected chi connectivity index (χ1v) is 15.0. The van der Waals surface area contributed by atoms with Crippen LogP contribution in [0.5, 0.6) is 5.75 Å². The van der Waals surface area contributed by atoms with Gasteiger partial charge in [0.15, 0.2) is 0 Å². The third-order valence-electron chi connectivity index (χ3n) is 7.29. The van der Waals surface area contributed by atoms with E-state index in [1.165, 1.54) is 17.0 Å². The zero-order valence-corrected chi connectivity index (χ0v) is 24.1. The van der Waals surface area contributed by atoms with Gasteiger partial charge in [-0.15, -0.1) is 0 Å². The molecular formula is C31H37N3O5S. The molecule has 1 unspecified atom stereocenters. The van der Waals surface area contributed by atoms with Crippen molar-refractivity contribution >= 4 is 27.5 Å². The van der Waals surface area contributed by atoms with Crippen LogP contribution in [-0.2, 0) is 26.2 Å². The number of nitrogens with one attached hydrogen (secondary N) is 1. The van der Waals surface area contributed by atoms with Crippen LogP contribution in [0.2, 0.25) is 0 Å². The van der Waals surface area contributed by atoms with E-state index in [0.717, 1.165) is 41.1 Å². The molecule has 8 nitrogen and oxygen atoms in total. The van der Waals surface area contributed by atoms with Crippen LogP contribution in [0.3, 0.4) is 0 Å². The Kier molecular flexibility index (Phi) is 9.47. The fraction of sp³-hybridized carbons (Fsp3) is 0.355. The maximum atomic E-state index is 14.0. The molecule has 212 valence electrons. The van der Waals surface area contributed by atoms with Crippen molar-refractivity contribution in [2.24, 2.45) is 0 Å². The monoisotopic (exact) mass is 563 g/mol. The van der Waals surface area contributed by atoms with Crippen LogP contribution in [-0.4, -0.2) is 50.9 Å². The lowest BCUT2D eigenvalue weighted by Crippen LogP contribution is -2.52. The average molecular weight is 564 g/mol. The molecule has 3 aromatic rings. The molecule has 0 bridgehead atoms. The summed E-state index contributed by atoms with van der Waals surface area (Å²) in [5.41, 5.74) is 2.05. The average Bonchev–Trinajstić information content (AvgIpc) is 3.48. The molecule has 0 spiro atoms. The highest BCUT2D eigenvalue weighted by Crippen LogP contribution is 2.25. The Morgan fingerprint density at radius 1 is 0.975 bits per heavy atom. The molecule has 2 amide bonds. The minimum absolute atomic E-state index is 0.0844. The minimum Gasteiger partial charge on any atom is -0.497 e. The number of methoxy groups -OCH3 is 1. The van der Waals surface area contributed by atoms with Crippen LogP contribution in [0.4, 0.5) is 5.69 Å². The van der Waals surface area contributed by atoms with Gasteiger partial charge in [0.1, 0.15) is 18.3 Å². The van der Waals surface area contributed by atoms with Gasteiger partial charge in [0.2, 0.25) is 11.8 Å². The first kappa shape index (κ1) is 29.1. The number of carbonyl (C=O) groups excluding carboxylic acids is 2. The highest BCUT2D eigenvalue weighted by atomic mass is 32.2. The van der Waals surface area contributed by atoms with E-state index in [9.17, 15) is 18.0 Å². The number of benzene rings is 3. The van der Waals surface area contributed by atoms with Crippen molar-refractivity contribution in [3.63, 3.8) is 0 Å². The minimum atomic E-state index is -4.08. The van der Waals surface area contributed by atoms with E-state index >= 15 is 0 Å². The molecule has 0 aliphatic heterocycles. The molecular weight excluding hydrogens is 526 g/mol. The summed E-state index contributed by atoms with van der Waals surface area (Å²) in [4.78, 5) is 28.8. The summed E-state index contributed by atoms with van der Waals surface area (Å²) in [6, 6.07) is 21.6. The molecule has 1 fully saturated rings. The Labute approximate surface area is 237 Å². The first-order chi connectivity index (χ1) is 19.2. The summed E-state index contributed by atoms with van der Waals surface area (Å²) >= 11 is 0. The zero-order chi connectivity index (χ0) is 28.7. The molecule has 40 heavy (non-hydrogen) atoms. The predicted molar refractivity (Wildman–Crippen MR) is 156 cm³/mol. The Morgan fingerprint density at radius 3 is 2.30 bits per heavy atom. The van der Waals surface area contributed by atoms with Crippen molar-refractivity contribution in [1.29, 1.82) is 0 Å². The first-order valence-electron chi connectivity index (χ1n) is 13.6. The lowest BCUT2D eigenvalue weighted by Gasteiger charge is -2.32. The Hall–Kier alpha value is -3.85. The van der Waals surface area contributed by atoms with Crippen molar-refractivity contribution in [2.75, 3.05) is 18.0 Å². The van der Waals surface area contributed by atoms with Crippen molar-refractivity contribution in [3.05, 3.63) is 90.0 Å². The topological polar surface area (TPSA) is 96.0 Å². The van der Waals surface area contributed by atoms with Gasteiger partial charge in [-0.1, -0.05) is 60.9 Å². The van der Waals surface area contributed by atoms with Crippen LogP contribution in [0.1, 0.15) is 43.7 Å². The zero-order valence-electron chi connectivity index (χ0n) is 23.2. The summed E-state index contributed by atoms with van der Waals surface area (Å²) in [7, 11) is -2.52. The van der Waals surface area contributed by atoms with Gasteiger partial charge in [-0.05, 0) is 68.7 Å². The molecule has 4 rings (SSSR count). The van der Waals surface area contributed by atoms with Gasteiger partial charge in [0.05, 0.1) is 17.7 Å². The number of aryl methyl sites for hydroxylation is 1. The summed E-state index contributed by atoms with van der Waals surface area (Å²) in [6.45, 7) is 3.21. The fourth-order valence-electron chi connectivity index (χ4n) is 4.90. The quantitative estimate of drug-likeness (QED) is 0.366. The third-order valence-corrected chi connectivity index (χ3v) is 9.08. The number of hydrogen-bond donors (Lipinski definition) is 1. The SMILES string of the molecule is COc1cccc(CN(C(=O)CN(c2ccccc2)S(=O)(=O)c2ccc(C)cc2)C(C)C(=O)NC2CCCC2)c1. The van der Waals surface area contributed by atoms with Gasteiger partial charge in [0.25, 0.3) is 10.0 Å². The van der Waals surface area contributed by atoms with Gasteiger partial charge in [0, 0.05) is 12.6 Å². The van der Waals surface area contributed by atoms with Gasteiger partial charge in [-0.2, -0.15) is 0 Å². The lowest BCUT2D eigenvalue weighted by atomic mass is 10.1. The van der Waals surface area contributed by atoms with Crippen molar-refractivity contribution < 1.29 is 22.7 Å². The summed E-state index contributed by atoms with van der Waals surface area (Å²) < 4.78 is 34.1. The fourth-order valence-corrected chi connectivity index (χ4v) is 6.32. The summed E-state index contributed by atoms with van der Waals surface area (Å²) in [5, 5.41) is 3.08. The van der Waals surface area contributed by atoms with Crippen LogP contribution >= 0.6 is 0 Å². The molecule has 9 heteroatoms. The molecule has 3 aromatic carbocycles. The second-order valence-corrected chi connectivity index (χ2v) is 12.1. The van der Waals surface area contributed by atoms with E-state index in [1.54, 1.807) is 68.6 Å². The summed E-state index contributed by atoms with van der Waals surface area (Å²) in [5.74, 6) is -0.118. The molecule has 0 radical (unpaired) electrons. The Balaban J connectivity index is 1.67. The van der Waals surface area contributed by atoms with E-state index in [1.807, 2.05) is 19.1 Å². The highest BCUT2D eigenvalue weighted by Gasteiger charge is 2.33. The van der Waals surface area contributed by atoms with Gasteiger partial charge in [-0.3, -0.25) is 13.9 Å². The van der Waals surface area contributed by atoms with Crippen molar-refractivity contribution in [1.82, 2.24) is 10.2 Å². The highest BCUT2D eigenvalue weighted by molar-refractivity contribution is 7.92. The number of carbonyl (C=O) groups is 2. The van der Waals surface area contributed by atoms with E-state index in [2.05, 4.69) is 5.32 Å². The molecule has 1 aliphatic carbocycles. The lowest BCUT2D eigenvalue weighted by molar-refractivity contribution is -0.139. The smallest absolute Gasteiger partial charge is 0.264 e. The number of para-hydroxylation sites is 1. The summed E-state index contributed by atoms with van der Waals surface area (Å²) in [6.07, 6.45) is 3.96. The van der Waals surface area contributed by atoms with E-state index in [-0.39, 0.29) is 23.4 Å². The number of ether oxygens (including phenoxy) is 1. The second kappa shape index (κ2) is 13.0. The van der Waals surface area contributed by atoms with E-state index < -0.39 is 28.5 Å². The van der Waals surface area contributed by atoms with Gasteiger partial charge >= 0.3 is 0 Å². The second-order valence-electron chi connectivity index (χ2n) is 10.2. The van der Waals surface area contributed by atoms with Crippen LogP contribution in [0, 0.1) is 6.92 Å². The number of anilines is 1. The number of amides is 2. The number of nitrogens with zero attached hydrogens (tertiary/aromatic N) is 2.